The van der Waals surface area contributed by atoms with Gasteiger partial charge in [-0.05, 0) is 40.7 Å². The number of rotatable bonds is 8. The third-order valence-electron chi connectivity index (χ3n) is 8.33. The quantitative estimate of drug-likeness (QED) is 0.310. The summed E-state index contributed by atoms with van der Waals surface area (Å²) in [6.45, 7) is 6.46. The fraction of sp³-hybridized carbons (Fsp3) is 0.375. The van der Waals surface area contributed by atoms with Crippen molar-refractivity contribution < 1.29 is 4.79 Å². The Hall–Kier alpha value is -3.44. The molecule has 3 unspecified atom stereocenters. The van der Waals surface area contributed by atoms with E-state index in [9.17, 15) is 4.79 Å². The van der Waals surface area contributed by atoms with Gasteiger partial charge in [0, 0.05) is 50.5 Å². The fourth-order valence-corrected chi connectivity index (χ4v) is 6.27. The van der Waals surface area contributed by atoms with Gasteiger partial charge in [0.05, 0.1) is 12.0 Å². The van der Waals surface area contributed by atoms with Crippen LogP contribution in [0.25, 0.3) is 10.8 Å². The number of piperazine rings is 1. The molecule has 0 bridgehead atoms. The van der Waals surface area contributed by atoms with Crippen molar-refractivity contribution in [2.75, 3.05) is 19.6 Å². The smallest absolute Gasteiger partial charge is 0.254 e. The Morgan fingerprint density at radius 1 is 0.946 bits per heavy atom. The molecule has 1 amide bonds. The van der Waals surface area contributed by atoms with E-state index in [2.05, 4.69) is 74.8 Å². The molecule has 2 heterocycles. The molecule has 1 aliphatic carbocycles. The van der Waals surface area contributed by atoms with Crippen molar-refractivity contribution in [3.05, 3.63) is 102 Å². The third-order valence-corrected chi connectivity index (χ3v) is 8.33. The van der Waals surface area contributed by atoms with Crippen LogP contribution in [0.2, 0.25) is 0 Å². The van der Waals surface area contributed by atoms with E-state index < -0.39 is 0 Å². The Balaban J connectivity index is 1.22. The molecule has 6 rings (SSSR count). The molecular formula is C32H36N4O. The molecule has 1 aliphatic heterocycles. The summed E-state index contributed by atoms with van der Waals surface area (Å²) in [5.41, 5.74) is 3.36. The van der Waals surface area contributed by atoms with Gasteiger partial charge < -0.3 is 9.47 Å². The molecule has 190 valence electrons. The number of fused-ring (bicyclic) bond motifs is 1. The average molecular weight is 493 g/mol. The van der Waals surface area contributed by atoms with Crippen molar-refractivity contribution in [2.24, 2.45) is 11.8 Å². The summed E-state index contributed by atoms with van der Waals surface area (Å²) >= 11 is 0. The summed E-state index contributed by atoms with van der Waals surface area (Å²) in [4.78, 5) is 23.0. The van der Waals surface area contributed by atoms with E-state index in [0.717, 1.165) is 55.0 Å². The van der Waals surface area contributed by atoms with Crippen LogP contribution in [0.5, 0.6) is 0 Å². The van der Waals surface area contributed by atoms with E-state index in [4.69, 9.17) is 0 Å². The van der Waals surface area contributed by atoms with Crippen molar-refractivity contribution in [1.82, 2.24) is 19.4 Å². The largest absolute Gasteiger partial charge is 0.336 e. The number of carbonyl (C=O) groups is 1. The van der Waals surface area contributed by atoms with Crippen molar-refractivity contribution in [1.29, 1.82) is 0 Å². The number of nitrogens with zero attached hydrogens (tertiary/aromatic N) is 4. The summed E-state index contributed by atoms with van der Waals surface area (Å²) in [7, 11) is 0. The van der Waals surface area contributed by atoms with Gasteiger partial charge >= 0.3 is 0 Å². The van der Waals surface area contributed by atoms with Crippen molar-refractivity contribution in [3.63, 3.8) is 0 Å². The highest BCUT2D eigenvalue weighted by atomic mass is 16.2. The molecule has 5 heteroatoms. The molecule has 2 fully saturated rings. The maximum atomic E-state index is 13.8. The van der Waals surface area contributed by atoms with Crippen LogP contribution in [0.1, 0.15) is 47.8 Å². The van der Waals surface area contributed by atoms with Crippen molar-refractivity contribution >= 4 is 16.7 Å². The van der Waals surface area contributed by atoms with Gasteiger partial charge in [-0.25, -0.2) is 4.98 Å². The molecule has 1 aromatic heterocycles. The van der Waals surface area contributed by atoms with Crippen molar-refractivity contribution in [3.8, 4) is 0 Å². The Kier molecular flexibility index (Phi) is 6.79. The topological polar surface area (TPSA) is 41.4 Å². The molecule has 2 aliphatic rings. The predicted octanol–water partition coefficient (Wildman–Crippen LogP) is 5.85. The van der Waals surface area contributed by atoms with Gasteiger partial charge in [-0.1, -0.05) is 86.5 Å². The number of benzene rings is 3. The van der Waals surface area contributed by atoms with E-state index in [1.807, 2.05) is 36.8 Å². The Morgan fingerprint density at radius 2 is 1.76 bits per heavy atom. The summed E-state index contributed by atoms with van der Waals surface area (Å²) in [5.74, 6) is 1.64. The highest BCUT2D eigenvalue weighted by Gasteiger charge is 2.47. The molecule has 0 radical (unpaired) electrons. The number of carbonyl (C=O) groups excluding carboxylic acids is 1. The summed E-state index contributed by atoms with van der Waals surface area (Å²) in [6.07, 6.45) is 7.78. The minimum Gasteiger partial charge on any atom is -0.336 e. The summed E-state index contributed by atoms with van der Waals surface area (Å²) in [5, 5.41) is 2.18. The number of amides is 1. The Labute approximate surface area is 219 Å². The first-order valence-corrected chi connectivity index (χ1v) is 13.7. The van der Waals surface area contributed by atoms with E-state index in [1.54, 1.807) is 0 Å². The highest BCUT2D eigenvalue weighted by Crippen LogP contribution is 2.47. The van der Waals surface area contributed by atoms with Crippen LogP contribution < -0.4 is 0 Å². The van der Waals surface area contributed by atoms with Crippen molar-refractivity contribution in [2.45, 2.75) is 45.3 Å². The predicted molar refractivity (Wildman–Crippen MR) is 148 cm³/mol. The van der Waals surface area contributed by atoms with Crippen LogP contribution in [0, 0.1) is 11.8 Å². The van der Waals surface area contributed by atoms with Crippen LogP contribution in [0.4, 0.5) is 0 Å². The third kappa shape index (κ3) is 5.05. The average Bonchev–Trinajstić information content (AvgIpc) is 3.58. The molecule has 3 atom stereocenters. The van der Waals surface area contributed by atoms with E-state index in [-0.39, 0.29) is 5.91 Å². The normalized spacial score (nSPS) is 21.9. The standard InChI is InChI=1S/C32H36N4O/c1-2-9-26-18-30(26)31-22-35(32(37)29-15-8-13-25-12-6-7-14-28(25)29)17-16-34(31)21-27-19-33-23-36(27)20-24-10-4-3-5-11-24/h3-8,10-15,19,23,26,30-31H,2,9,16-18,20-22H2,1H3. The lowest BCUT2D eigenvalue weighted by atomic mass is 10.0. The minimum atomic E-state index is 0.170. The van der Waals surface area contributed by atoms with Gasteiger partial charge in [-0.2, -0.15) is 0 Å². The molecule has 3 aromatic carbocycles. The number of imidazole rings is 1. The second kappa shape index (κ2) is 10.5. The number of hydrogen-bond donors (Lipinski definition) is 0. The Bertz CT molecular complexity index is 1360. The van der Waals surface area contributed by atoms with Gasteiger partial charge in [0.2, 0.25) is 0 Å². The van der Waals surface area contributed by atoms with Crippen LogP contribution in [0.3, 0.4) is 0 Å². The fourth-order valence-electron chi connectivity index (χ4n) is 6.27. The van der Waals surface area contributed by atoms with E-state index >= 15 is 0 Å². The Morgan fingerprint density at radius 3 is 2.62 bits per heavy atom. The van der Waals surface area contributed by atoms with Crippen LogP contribution in [-0.2, 0) is 13.1 Å². The van der Waals surface area contributed by atoms with Crippen LogP contribution in [0.15, 0.2) is 85.3 Å². The molecular weight excluding hydrogens is 456 g/mol. The highest BCUT2D eigenvalue weighted by molar-refractivity contribution is 6.07. The first kappa shape index (κ1) is 23.9. The summed E-state index contributed by atoms with van der Waals surface area (Å²) < 4.78 is 2.27. The van der Waals surface area contributed by atoms with Gasteiger partial charge in [0.1, 0.15) is 0 Å². The van der Waals surface area contributed by atoms with Gasteiger partial charge in [0.25, 0.3) is 5.91 Å². The van der Waals surface area contributed by atoms with E-state index in [0.29, 0.717) is 12.0 Å². The lowest BCUT2D eigenvalue weighted by Gasteiger charge is -2.42. The molecule has 5 nitrogen and oxygen atoms in total. The zero-order chi connectivity index (χ0) is 25.2. The molecule has 1 saturated heterocycles. The van der Waals surface area contributed by atoms with Gasteiger partial charge in [-0.3, -0.25) is 9.69 Å². The van der Waals surface area contributed by atoms with Crippen LogP contribution >= 0.6 is 0 Å². The SMILES string of the molecule is CCCC1CC1C1CN(C(=O)c2cccc3ccccc23)CCN1Cc1cncn1Cc1ccccc1. The zero-order valence-corrected chi connectivity index (χ0v) is 21.7. The van der Waals surface area contributed by atoms with Gasteiger partial charge in [0.15, 0.2) is 0 Å². The maximum absolute atomic E-state index is 13.8. The number of hydrogen-bond acceptors (Lipinski definition) is 3. The zero-order valence-electron chi connectivity index (χ0n) is 21.7. The lowest BCUT2D eigenvalue weighted by Crippen LogP contribution is -2.55. The first-order valence-electron chi connectivity index (χ1n) is 13.7. The lowest BCUT2D eigenvalue weighted by molar-refractivity contribution is 0.0385. The van der Waals surface area contributed by atoms with Gasteiger partial charge in [-0.15, -0.1) is 0 Å². The second-order valence-corrected chi connectivity index (χ2v) is 10.8. The molecule has 1 saturated carbocycles. The molecule has 0 spiro atoms. The molecule has 4 aromatic rings. The van der Waals surface area contributed by atoms with Crippen LogP contribution in [-0.4, -0.2) is 50.9 Å². The first-order chi connectivity index (χ1) is 18.2. The maximum Gasteiger partial charge on any atom is 0.254 e. The molecule has 37 heavy (non-hydrogen) atoms. The molecule has 0 N–H and O–H groups in total. The minimum absolute atomic E-state index is 0.170. The van der Waals surface area contributed by atoms with E-state index in [1.165, 1.54) is 30.5 Å². The summed E-state index contributed by atoms with van der Waals surface area (Å²) in [6, 6.07) is 25.3. The number of aromatic nitrogens is 2. The second-order valence-electron chi connectivity index (χ2n) is 10.8. The monoisotopic (exact) mass is 492 g/mol.